The van der Waals surface area contributed by atoms with Gasteiger partial charge in [-0.25, -0.2) is 0 Å². The van der Waals surface area contributed by atoms with Crippen LogP contribution in [-0.4, -0.2) is 42.3 Å². The van der Waals surface area contributed by atoms with Gasteiger partial charge in [0.05, 0.1) is 6.61 Å². The number of anilines is 2. The molecule has 0 bridgehead atoms. The molecular weight excluding hydrogens is 272 g/mol. The number of hydrogen-bond donors (Lipinski definition) is 5. The van der Waals surface area contributed by atoms with E-state index in [1.165, 1.54) is 11.3 Å². The minimum absolute atomic E-state index is 0.161. The third kappa shape index (κ3) is 10.3. The Labute approximate surface area is 113 Å². The van der Waals surface area contributed by atoms with Gasteiger partial charge < -0.3 is 15.7 Å². The fourth-order valence-corrected chi connectivity index (χ4v) is 1.36. The SMILES string of the molecule is CCNc1ccc(NCCO)cc1C.O=S(=O)(O)O. The van der Waals surface area contributed by atoms with E-state index < -0.39 is 10.4 Å². The molecule has 19 heavy (non-hydrogen) atoms. The number of benzene rings is 1. The number of aryl methyl sites for hydroxylation is 1. The highest BCUT2D eigenvalue weighted by atomic mass is 32.3. The number of aliphatic hydroxyl groups excluding tert-OH is 1. The zero-order valence-electron chi connectivity index (χ0n) is 10.9. The van der Waals surface area contributed by atoms with Crippen molar-refractivity contribution in [1.82, 2.24) is 0 Å². The van der Waals surface area contributed by atoms with Gasteiger partial charge in [0, 0.05) is 24.5 Å². The molecular formula is C11H20N2O5S. The van der Waals surface area contributed by atoms with Gasteiger partial charge in [0.15, 0.2) is 0 Å². The number of hydrogen-bond acceptors (Lipinski definition) is 5. The van der Waals surface area contributed by atoms with Gasteiger partial charge in [0.1, 0.15) is 0 Å². The first-order valence-electron chi connectivity index (χ1n) is 5.67. The highest BCUT2D eigenvalue weighted by Gasteiger charge is 1.97. The van der Waals surface area contributed by atoms with Crippen LogP contribution in [0.2, 0.25) is 0 Å². The first-order valence-corrected chi connectivity index (χ1v) is 7.06. The molecule has 1 aromatic rings. The van der Waals surface area contributed by atoms with Crippen molar-refractivity contribution in [3.05, 3.63) is 23.8 Å². The van der Waals surface area contributed by atoms with Crippen molar-refractivity contribution in [3.8, 4) is 0 Å². The Morgan fingerprint density at radius 3 is 2.21 bits per heavy atom. The smallest absolute Gasteiger partial charge is 0.394 e. The van der Waals surface area contributed by atoms with E-state index in [1.807, 2.05) is 6.07 Å². The minimum Gasteiger partial charge on any atom is -0.395 e. The van der Waals surface area contributed by atoms with Crippen LogP contribution >= 0.6 is 0 Å². The molecule has 0 saturated heterocycles. The maximum atomic E-state index is 8.74. The summed E-state index contributed by atoms with van der Waals surface area (Å²) in [5.74, 6) is 0. The van der Waals surface area contributed by atoms with Crippen LogP contribution < -0.4 is 10.6 Å². The van der Waals surface area contributed by atoms with E-state index in [-0.39, 0.29) is 6.61 Å². The van der Waals surface area contributed by atoms with Gasteiger partial charge in [-0.15, -0.1) is 0 Å². The van der Waals surface area contributed by atoms with Gasteiger partial charge in [-0.2, -0.15) is 8.42 Å². The molecule has 0 spiro atoms. The van der Waals surface area contributed by atoms with Gasteiger partial charge in [-0.1, -0.05) is 0 Å². The van der Waals surface area contributed by atoms with Crippen molar-refractivity contribution in [3.63, 3.8) is 0 Å². The lowest BCUT2D eigenvalue weighted by Crippen LogP contribution is -2.06. The van der Waals surface area contributed by atoms with Gasteiger partial charge in [0.2, 0.25) is 0 Å². The Balaban J connectivity index is 0.000000555. The van der Waals surface area contributed by atoms with Crippen molar-refractivity contribution in [2.24, 2.45) is 0 Å². The van der Waals surface area contributed by atoms with Crippen LogP contribution in [-0.2, 0) is 10.4 Å². The van der Waals surface area contributed by atoms with Crippen molar-refractivity contribution in [1.29, 1.82) is 0 Å². The van der Waals surface area contributed by atoms with Crippen LogP contribution in [0.5, 0.6) is 0 Å². The molecule has 0 atom stereocenters. The van der Waals surface area contributed by atoms with E-state index in [0.29, 0.717) is 6.54 Å². The van der Waals surface area contributed by atoms with E-state index >= 15 is 0 Å². The molecule has 0 aliphatic rings. The monoisotopic (exact) mass is 292 g/mol. The second kappa shape index (κ2) is 8.70. The number of rotatable bonds is 5. The summed E-state index contributed by atoms with van der Waals surface area (Å²) in [5.41, 5.74) is 3.44. The molecule has 0 radical (unpaired) electrons. The lowest BCUT2D eigenvalue weighted by molar-refractivity contribution is 0.311. The highest BCUT2D eigenvalue weighted by molar-refractivity contribution is 7.79. The molecule has 0 unspecified atom stereocenters. The summed E-state index contributed by atoms with van der Waals surface area (Å²) < 4.78 is 31.6. The molecule has 8 heteroatoms. The first kappa shape index (κ1) is 17.6. The zero-order chi connectivity index (χ0) is 14.9. The highest BCUT2D eigenvalue weighted by Crippen LogP contribution is 2.19. The molecule has 0 aliphatic heterocycles. The van der Waals surface area contributed by atoms with Gasteiger partial charge in [0.25, 0.3) is 0 Å². The predicted octanol–water partition coefficient (Wildman–Crippen LogP) is 1.18. The average molecular weight is 292 g/mol. The molecule has 0 aromatic heterocycles. The van der Waals surface area contributed by atoms with E-state index in [4.69, 9.17) is 22.6 Å². The van der Waals surface area contributed by atoms with Crippen LogP contribution in [0.25, 0.3) is 0 Å². The Kier molecular flexibility index (Phi) is 8.08. The quantitative estimate of drug-likeness (QED) is 0.517. The molecule has 0 amide bonds. The molecule has 0 aliphatic carbocycles. The number of nitrogens with one attached hydrogen (secondary N) is 2. The first-order chi connectivity index (χ1) is 8.77. The Morgan fingerprint density at radius 2 is 1.79 bits per heavy atom. The van der Waals surface area contributed by atoms with Crippen molar-refractivity contribution >= 4 is 21.8 Å². The van der Waals surface area contributed by atoms with Crippen LogP contribution in [0.4, 0.5) is 11.4 Å². The lowest BCUT2D eigenvalue weighted by atomic mass is 10.1. The standard InChI is InChI=1S/C11H18N2O.H2O4S/c1-3-12-11-5-4-10(8-9(11)2)13-6-7-14;1-5(2,3)4/h4-5,8,12-14H,3,6-7H2,1-2H3;(H2,1,2,3,4). The fraction of sp³-hybridized carbons (Fsp3) is 0.455. The molecule has 0 saturated carbocycles. The number of aliphatic hydroxyl groups is 1. The topological polar surface area (TPSA) is 119 Å². The van der Waals surface area contributed by atoms with E-state index in [2.05, 4.69) is 36.6 Å². The van der Waals surface area contributed by atoms with E-state index in [9.17, 15) is 0 Å². The van der Waals surface area contributed by atoms with Crippen LogP contribution in [0.1, 0.15) is 12.5 Å². The van der Waals surface area contributed by atoms with Gasteiger partial charge in [-0.3, -0.25) is 9.11 Å². The normalized spacial score (nSPS) is 10.4. The van der Waals surface area contributed by atoms with Crippen molar-refractivity contribution in [2.75, 3.05) is 30.3 Å². The second-order valence-electron chi connectivity index (χ2n) is 3.66. The van der Waals surface area contributed by atoms with Crippen LogP contribution in [0, 0.1) is 6.92 Å². The third-order valence-electron chi connectivity index (χ3n) is 2.03. The lowest BCUT2D eigenvalue weighted by Gasteiger charge is -2.10. The molecule has 7 nitrogen and oxygen atoms in total. The van der Waals surface area contributed by atoms with Crippen molar-refractivity contribution in [2.45, 2.75) is 13.8 Å². The average Bonchev–Trinajstić information content (AvgIpc) is 2.28. The summed E-state index contributed by atoms with van der Waals surface area (Å²) in [6.07, 6.45) is 0. The molecule has 110 valence electrons. The Hall–Kier alpha value is -1.35. The Bertz CT molecular complexity index is 468. The zero-order valence-corrected chi connectivity index (χ0v) is 11.7. The molecule has 0 heterocycles. The van der Waals surface area contributed by atoms with E-state index in [0.717, 1.165) is 12.2 Å². The molecule has 1 aromatic carbocycles. The summed E-state index contributed by atoms with van der Waals surface area (Å²) in [6, 6.07) is 6.15. The summed E-state index contributed by atoms with van der Waals surface area (Å²) in [5, 5.41) is 15.1. The van der Waals surface area contributed by atoms with Crippen molar-refractivity contribution < 1.29 is 22.6 Å². The molecule has 5 N–H and O–H groups in total. The summed E-state index contributed by atoms with van der Waals surface area (Å²) >= 11 is 0. The van der Waals surface area contributed by atoms with Gasteiger partial charge >= 0.3 is 10.4 Å². The fourth-order valence-electron chi connectivity index (χ4n) is 1.36. The maximum Gasteiger partial charge on any atom is 0.394 e. The summed E-state index contributed by atoms with van der Waals surface area (Å²) in [6.45, 7) is 5.84. The largest absolute Gasteiger partial charge is 0.395 e. The van der Waals surface area contributed by atoms with Gasteiger partial charge in [-0.05, 0) is 37.6 Å². The molecule has 0 fully saturated rings. The Morgan fingerprint density at radius 1 is 1.21 bits per heavy atom. The minimum atomic E-state index is -4.67. The summed E-state index contributed by atoms with van der Waals surface area (Å²) in [4.78, 5) is 0. The molecule has 1 rings (SSSR count). The summed E-state index contributed by atoms with van der Waals surface area (Å²) in [7, 11) is -4.67. The predicted molar refractivity (Wildman–Crippen MR) is 75.1 cm³/mol. The van der Waals surface area contributed by atoms with Crippen LogP contribution in [0.3, 0.4) is 0 Å². The second-order valence-corrected chi connectivity index (χ2v) is 4.55. The third-order valence-corrected chi connectivity index (χ3v) is 2.03. The van der Waals surface area contributed by atoms with E-state index in [1.54, 1.807) is 0 Å². The van der Waals surface area contributed by atoms with Crippen LogP contribution in [0.15, 0.2) is 18.2 Å². The maximum absolute atomic E-state index is 8.74.